The summed E-state index contributed by atoms with van der Waals surface area (Å²) >= 11 is 4.66. The van der Waals surface area contributed by atoms with E-state index in [1.54, 1.807) is 18.0 Å². The molecule has 1 aromatic heterocycles. The largest absolute Gasteiger partial charge is 0.465 e. The van der Waals surface area contributed by atoms with Gasteiger partial charge in [0.25, 0.3) is 0 Å². The second-order valence-electron chi connectivity index (χ2n) is 5.61. The highest BCUT2D eigenvalue weighted by atomic mass is 79.9. The molecule has 0 saturated heterocycles. The standard InChI is InChI=1S/C15H20BrNO3S/c1-9-4-6-10(7-5-9)14(18)17(2)11-8-12(16)21-13(11)15(19)20-3/h8-10H,4-7H2,1-3H3. The van der Waals surface area contributed by atoms with E-state index >= 15 is 0 Å². The monoisotopic (exact) mass is 373 g/mol. The van der Waals surface area contributed by atoms with Gasteiger partial charge in [0.2, 0.25) is 5.91 Å². The van der Waals surface area contributed by atoms with Crippen LogP contribution < -0.4 is 4.90 Å². The van der Waals surface area contributed by atoms with Crippen LogP contribution in [0.3, 0.4) is 0 Å². The maximum Gasteiger partial charge on any atom is 0.350 e. The number of thiophene rings is 1. The number of esters is 1. The smallest absolute Gasteiger partial charge is 0.350 e. The van der Waals surface area contributed by atoms with E-state index in [4.69, 9.17) is 4.74 Å². The Bertz CT molecular complexity index is 535. The van der Waals surface area contributed by atoms with Crippen LogP contribution in [0.5, 0.6) is 0 Å². The number of halogens is 1. The lowest BCUT2D eigenvalue weighted by Gasteiger charge is -2.29. The number of anilines is 1. The third-order valence-corrected chi connectivity index (χ3v) is 5.72. The second-order valence-corrected chi connectivity index (χ2v) is 8.04. The van der Waals surface area contributed by atoms with E-state index in [2.05, 4.69) is 22.9 Å². The molecular formula is C15H20BrNO3S. The van der Waals surface area contributed by atoms with Gasteiger partial charge >= 0.3 is 5.97 Å². The van der Waals surface area contributed by atoms with Gasteiger partial charge in [0.1, 0.15) is 4.88 Å². The Morgan fingerprint density at radius 1 is 1.33 bits per heavy atom. The molecule has 6 heteroatoms. The zero-order chi connectivity index (χ0) is 15.6. The Kier molecular flexibility index (Phi) is 5.43. The molecule has 0 unspecified atom stereocenters. The van der Waals surface area contributed by atoms with Crippen LogP contribution in [0.4, 0.5) is 5.69 Å². The Morgan fingerprint density at radius 3 is 2.52 bits per heavy atom. The average molecular weight is 374 g/mol. The molecule has 1 saturated carbocycles. The van der Waals surface area contributed by atoms with Gasteiger partial charge in [0, 0.05) is 13.0 Å². The molecule has 1 aliphatic rings. The highest BCUT2D eigenvalue weighted by Crippen LogP contribution is 2.36. The Labute approximate surface area is 137 Å². The zero-order valence-corrected chi connectivity index (χ0v) is 14.9. The number of hydrogen-bond acceptors (Lipinski definition) is 4. The summed E-state index contributed by atoms with van der Waals surface area (Å²) in [5.41, 5.74) is 0.627. The van der Waals surface area contributed by atoms with Crippen molar-refractivity contribution in [3.05, 3.63) is 14.7 Å². The number of ether oxygens (including phenoxy) is 1. The number of methoxy groups -OCH3 is 1. The lowest BCUT2D eigenvalue weighted by atomic mass is 9.82. The van der Waals surface area contributed by atoms with Gasteiger partial charge in [0.05, 0.1) is 16.6 Å². The van der Waals surface area contributed by atoms with Gasteiger partial charge in [-0.3, -0.25) is 4.79 Å². The number of hydrogen-bond donors (Lipinski definition) is 0. The van der Waals surface area contributed by atoms with Crippen molar-refractivity contribution >= 4 is 44.8 Å². The SMILES string of the molecule is COC(=O)c1sc(Br)cc1N(C)C(=O)C1CCC(C)CC1. The van der Waals surface area contributed by atoms with Crippen LogP contribution in [-0.4, -0.2) is 26.0 Å². The molecule has 0 aliphatic heterocycles. The maximum absolute atomic E-state index is 12.6. The van der Waals surface area contributed by atoms with Crippen LogP contribution in [0.25, 0.3) is 0 Å². The van der Waals surface area contributed by atoms with Gasteiger partial charge in [0.15, 0.2) is 0 Å². The zero-order valence-electron chi connectivity index (χ0n) is 12.5. The summed E-state index contributed by atoms with van der Waals surface area (Å²) < 4.78 is 5.61. The van der Waals surface area contributed by atoms with E-state index in [9.17, 15) is 9.59 Å². The molecule has 1 heterocycles. The first-order valence-corrected chi connectivity index (χ1v) is 8.70. The summed E-state index contributed by atoms with van der Waals surface area (Å²) in [6.45, 7) is 2.23. The number of amides is 1. The maximum atomic E-state index is 12.6. The van der Waals surface area contributed by atoms with Crippen LogP contribution >= 0.6 is 27.3 Å². The summed E-state index contributed by atoms with van der Waals surface area (Å²) in [5.74, 6) is 0.464. The predicted octanol–water partition coefficient (Wildman–Crippen LogP) is 4.09. The highest BCUT2D eigenvalue weighted by Gasteiger charge is 2.30. The second kappa shape index (κ2) is 6.92. The molecule has 0 spiro atoms. The molecule has 0 N–H and O–H groups in total. The van der Waals surface area contributed by atoms with Crippen LogP contribution in [0.1, 0.15) is 42.3 Å². The van der Waals surface area contributed by atoms with Crippen molar-refractivity contribution in [2.24, 2.45) is 11.8 Å². The number of carbonyl (C=O) groups is 2. The summed E-state index contributed by atoms with van der Waals surface area (Å²) in [7, 11) is 3.09. The summed E-state index contributed by atoms with van der Waals surface area (Å²) in [6, 6.07) is 1.81. The summed E-state index contributed by atoms with van der Waals surface area (Å²) in [4.78, 5) is 26.5. The lowest BCUT2D eigenvalue weighted by Crippen LogP contribution is -2.35. The fourth-order valence-corrected chi connectivity index (χ4v) is 4.28. The number of nitrogens with zero attached hydrogens (tertiary/aromatic N) is 1. The van der Waals surface area contributed by atoms with E-state index in [0.29, 0.717) is 16.5 Å². The first kappa shape index (κ1) is 16.5. The van der Waals surface area contributed by atoms with E-state index in [1.165, 1.54) is 18.4 Å². The molecule has 1 aromatic rings. The Morgan fingerprint density at radius 2 is 1.95 bits per heavy atom. The van der Waals surface area contributed by atoms with E-state index < -0.39 is 5.97 Å². The van der Waals surface area contributed by atoms with E-state index in [0.717, 1.165) is 29.5 Å². The van der Waals surface area contributed by atoms with Crippen LogP contribution in [-0.2, 0) is 9.53 Å². The molecule has 21 heavy (non-hydrogen) atoms. The van der Waals surface area contributed by atoms with Crippen molar-refractivity contribution in [3.63, 3.8) is 0 Å². The minimum Gasteiger partial charge on any atom is -0.465 e. The summed E-state index contributed by atoms with van der Waals surface area (Å²) in [6.07, 6.45) is 4.06. The van der Waals surface area contributed by atoms with Gasteiger partial charge in [-0.2, -0.15) is 0 Å². The van der Waals surface area contributed by atoms with Crippen molar-refractivity contribution in [3.8, 4) is 0 Å². The van der Waals surface area contributed by atoms with Crippen molar-refractivity contribution < 1.29 is 14.3 Å². The highest BCUT2D eigenvalue weighted by molar-refractivity contribution is 9.11. The summed E-state index contributed by atoms with van der Waals surface area (Å²) in [5, 5.41) is 0. The molecular weight excluding hydrogens is 354 g/mol. The molecule has 0 bridgehead atoms. The van der Waals surface area contributed by atoms with Gasteiger partial charge in [-0.1, -0.05) is 6.92 Å². The van der Waals surface area contributed by atoms with E-state index in [1.807, 2.05) is 0 Å². The number of carbonyl (C=O) groups excluding carboxylic acids is 2. The van der Waals surface area contributed by atoms with Gasteiger partial charge in [-0.25, -0.2) is 4.79 Å². The molecule has 1 amide bonds. The third-order valence-electron chi connectivity index (χ3n) is 4.11. The minimum absolute atomic E-state index is 0.0652. The van der Waals surface area contributed by atoms with Gasteiger partial charge < -0.3 is 9.64 Å². The fraction of sp³-hybridized carbons (Fsp3) is 0.600. The van der Waals surface area contributed by atoms with Crippen LogP contribution in [0, 0.1) is 11.8 Å². The Hall–Kier alpha value is -0.880. The van der Waals surface area contributed by atoms with Crippen LogP contribution in [0.2, 0.25) is 0 Å². The molecule has 2 rings (SSSR count). The van der Waals surface area contributed by atoms with Crippen LogP contribution in [0.15, 0.2) is 9.85 Å². The average Bonchev–Trinajstić information content (AvgIpc) is 2.87. The quantitative estimate of drug-likeness (QED) is 0.749. The first-order valence-electron chi connectivity index (χ1n) is 7.09. The predicted molar refractivity (Wildman–Crippen MR) is 87.9 cm³/mol. The van der Waals surface area contributed by atoms with Gasteiger partial charge in [-0.15, -0.1) is 11.3 Å². The topological polar surface area (TPSA) is 46.6 Å². The molecule has 116 valence electrons. The Balaban J connectivity index is 2.17. The van der Waals surface area contributed by atoms with Crippen molar-refractivity contribution in [2.75, 3.05) is 19.1 Å². The molecule has 1 fully saturated rings. The normalized spacial score (nSPS) is 21.9. The number of rotatable bonds is 3. The van der Waals surface area contributed by atoms with E-state index in [-0.39, 0.29) is 11.8 Å². The minimum atomic E-state index is -0.405. The molecule has 4 nitrogen and oxygen atoms in total. The van der Waals surface area contributed by atoms with Gasteiger partial charge in [-0.05, 0) is 53.6 Å². The first-order chi connectivity index (χ1) is 9.93. The molecule has 0 radical (unpaired) electrons. The van der Waals surface area contributed by atoms with Crippen molar-refractivity contribution in [2.45, 2.75) is 32.6 Å². The fourth-order valence-electron chi connectivity index (χ4n) is 2.74. The lowest BCUT2D eigenvalue weighted by molar-refractivity contribution is -0.123. The molecule has 1 aliphatic carbocycles. The van der Waals surface area contributed by atoms with Crippen molar-refractivity contribution in [1.82, 2.24) is 0 Å². The molecule has 0 aromatic carbocycles. The third kappa shape index (κ3) is 3.66. The van der Waals surface area contributed by atoms with Crippen molar-refractivity contribution in [1.29, 1.82) is 0 Å². The molecule has 0 atom stereocenters.